The number of carbonyl (C=O) groups excluding carboxylic acids is 2. The minimum atomic E-state index is -0.741. The van der Waals surface area contributed by atoms with Crippen LogP contribution in [0.25, 0.3) is 11.1 Å². The van der Waals surface area contributed by atoms with Crippen molar-refractivity contribution in [1.29, 1.82) is 0 Å². The molecule has 1 aromatic carbocycles. The number of nitrogens with two attached hydrogens (primary N) is 1. The molecule has 2 aliphatic carbocycles. The number of methoxy groups -OCH3 is 1. The lowest BCUT2D eigenvalue weighted by molar-refractivity contribution is -0.117. The summed E-state index contributed by atoms with van der Waals surface area (Å²) in [7, 11) is 1.59. The zero-order valence-corrected chi connectivity index (χ0v) is 20.6. The number of benzene rings is 1. The van der Waals surface area contributed by atoms with E-state index in [0.717, 1.165) is 56.3 Å². The van der Waals surface area contributed by atoms with E-state index in [1.54, 1.807) is 13.2 Å². The minimum absolute atomic E-state index is 0.00163. The standard InChI is InChI=1S/C26H29N7O4/c1-36-23-17(16-13-28-33(14-16)20-8-10-26(20)9-3-11-37-26)4-2-5-18(23)29-19-12-21(30-25(35)15-6-7-15)31-32-22(19)24(27)34/h2,4-5,12-15,20H,3,6-11H2,1H3,(H2,27,34)(H2,29,30,31,35)/t20-,26+/m0/s1. The fraction of sp³-hybridized carbons (Fsp3) is 0.423. The van der Waals surface area contributed by atoms with Gasteiger partial charge in [-0.25, -0.2) is 0 Å². The summed E-state index contributed by atoms with van der Waals surface area (Å²) in [5.74, 6) is -0.0423. The van der Waals surface area contributed by atoms with Crippen LogP contribution in [0.1, 0.15) is 55.1 Å². The first-order valence-electron chi connectivity index (χ1n) is 12.6. The van der Waals surface area contributed by atoms with Gasteiger partial charge in [-0.3, -0.25) is 14.3 Å². The molecule has 3 aromatic rings. The van der Waals surface area contributed by atoms with E-state index in [9.17, 15) is 9.59 Å². The van der Waals surface area contributed by atoms with Crippen molar-refractivity contribution >= 4 is 29.0 Å². The van der Waals surface area contributed by atoms with Gasteiger partial charge in [-0.15, -0.1) is 10.2 Å². The predicted molar refractivity (Wildman–Crippen MR) is 136 cm³/mol. The van der Waals surface area contributed by atoms with E-state index in [4.69, 9.17) is 15.2 Å². The molecule has 6 rings (SSSR count). The molecule has 3 heterocycles. The summed E-state index contributed by atoms with van der Waals surface area (Å²) >= 11 is 0. The van der Waals surface area contributed by atoms with Crippen LogP contribution in [0.15, 0.2) is 36.7 Å². The van der Waals surface area contributed by atoms with Crippen molar-refractivity contribution in [2.75, 3.05) is 24.4 Å². The topological polar surface area (TPSA) is 146 Å². The van der Waals surface area contributed by atoms with Crippen molar-refractivity contribution in [1.82, 2.24) is 20.0 Å². The van der Waals surface area contributed by atoms with Crippen molar-refractivity contribution in [2.45, 2.75) is 50.2 Å². The third-order valence-corrected chi connectivity index (χ3v) is 7.53. The van der Waals surface area contributed by atoms with Crippen molar-refractivity contribution in [3.63, 3.8) is 0 Å². The highest BCUT2D eigenvalue weighted by Crippen LogP contribution is 2.51. The third kappa shape index (κ3) is 4.29. The van der Waals surface area contributed by atoms with Gasteiger partial charge in [-0.1, -0.05) is 12.1 Å². The van der Waals surface area contributed by atoms with E-state index in [1.807, 2.05) is 35.3 Å². The lowest BCUT2D eigenvalue weighted by Crippen LogP contribution is -2.47. The SMILES string of the molecule is COc1c(Nc2cc(NC(=O)C3CC3)nnc2C(N)=O)cccc1-c1cnn([C@H]2CC[C@]23CCCO3)c1. The van der Waals surface area contributed by atoms with Gasteiger partial charge in [0.15, 0.2) is 11.5 Å². The average Bonchev–Trinajstić information content (AvgIpc) is 3.40. The number of nitrogens with one attached hydrogen (secondary N) is 2. The van der Waals surface area contributed by atoms with Crippen LogP contribution in [0, 0.1) is 5.92 Å². The number of aromatic nitrogens is 4. The van der Waals surface area contributed by atoms with Crippen LogP contribution >= 0.6 is 0 Å². The number of amides is 2. The molecule has 0 bridgehead atoms. The molecule has 11 heteroatoms. The van der Waals surface area contributed by atoms with Crippen LogP contribution in [0.5, 0.6) is 5.75 Å². The maximum atomic E-state index is 12.2. The molecular weight excluding hydrogens is 474 g/mol. The van der Waals surface area contributed by atoms with E-state index < -0.39 is 5.91 Å². The molecule has 2 aromatic heterocycles. The number of hydrogen-bond donors (Lipinski definition) is 3. The van der Waals surface area contributed by atoms with Crippen molar-refractivity contribution in [3.8, 4) is 16.9 Å². The number of carbonyl (C=O) groups is 2. The second kappa shape index (κ2) is 9.15. The van der Waals surface area contributed by atoms with Crippen molar-refractivity contribution in [2.24, 2.45) is 11.7 Å². The van der Waals surface area contributed by atoms with Gasteiger partial charge >= 0.3 is 0 Å². The lowest BCUT2D eigenvalue weighted by Gasteiger charge is -2.45. The number of ether oxygens (including phenoxy) is 2. The molecular formula is C26H29N7O4. The molecule has 1 saturated heterocycles. The molecule has 2 saturated carbocycles. The number of primary amides is 1. The van der Waals surface area contributed by atoms with Gasteiger partial charge in [0.2, 0.25) is 5.91 Å². The Bertz CT molecular complexity index is 1360. The highest BCUT2D eigenvalue weighted by molar-refractivity contribution is 5.99. The summed E-state index contributed by atoms with van der Waals surface area (Å²) in [5, 5.41) is 18.5. The second-order valence-corrected chi connectivity index (χ2v) is 9.91. The Morgan fingerprint density at radius 1 is 1.19 bits per heavy atom. The smallest absolute Gasteiger partial charge is 0.271 e. The van der Waals surface area contributed by atoms with Gasteiger partial charge in [0.25, 0.3) is 5.91 Å². The second-order valence-electron chi connectivity index (χ2n) is 9.91. The number of rotatable bonds is 8. The summed E-state index contributed by atoms with van der Waals surface area (Å²) < 4.78 is 13.9. The Balaban J connectivity index is 1.29. The molecule has 0 unspecified atom stereocenters. The van der Waals surface area contributed by atoms with Crippen molar-refractivity contribution < 1.29 is 19.1 Å². The van der Waals surface area contributed by atoms with E-state index in [1.165, 1.54) is 0 Å². The van der Waals surface area contributed by atoms with Crippen LogP contribution in [0.3, 0.4) is 0 Å². The molecule has 2 atom stereocenters. The van der Waals surface area contributed by atoms with Gasteiger partial charge < -0.3 is 25.8 Å². The van der Waals surface area contributed by atoms with Crippen molar-refractivity contribution in [3.05, 3.63) is 42.4 Å². The van der Waals surface area contributed by atoms with Crippen LogP contribution < -0.4 is 21.1 Å². The maximum absolute atomic E-state index is 12.2. The molecule has 37 heavy (non-hydrogen) atoms. The number of hydrogen-bond acceptors (Lipinski definition) is 8. The highest BCUT2D eigenvalue weighted by atomic mass is 16.5. The Hall–Kier alpha value is -3.99. The zero-order valence-electron chi connectivity index (χ0n) is 20.6. The number of nitrogens with zero attached hydrogens (tertiary/aromatic N) is 4. The average molecular weight is 504 g/mol. The fourth-order valence-electron chi connectivity index (χ4n) is 5.33. The summed E-state index contributed by atoms with van der Waals surface area (Å²) in [6.07, 6.45) is 9.86. The summed E-state index contributed by atoms with van der Waals surface area (Å²) in [5.41, 5.74) is 8.08. The molecule has 2 amide bonds. The Morgan fingerprint density at radius 2 is 2.05 bits per heavy atom. The van der Waals surface area contributed by atoms with E-state index >= 15 is 0 Å². The van der Waals surface area contributed by atoms with Gasteiger partial charge in [0.1, 0.15) is 5.75 Å². The highest BCUT2D eigenvalue weighted by Gasteiger charge is 2.51. The predicted octanol–water partition coefficient (Wildman–Crippen LogP) is 3.42. The van der Waals surface area contributed by atoms with E-state index in [-0.39, 0.29) is 35.0 Å². The first kappa shape index (κ1) is 23.4. The summed E-state index contributed by atoms with van der Waals surface area (Å²) in [6, 6.07) is 7.45. The molecule has 4 N–H and O–H groups in total. The molecule has 0 radical (unpaired) electrons. The molecule has 1 spiro atoms. The fourth-order valence-corrected chi connectivity index (χ4v) is 5.33. The van der Waals surface area contributed by atoms with Crippen LogP contribution in [0.4, 0.5) is 17.2 Å². The minimum Gasteiger partial charge on any atom is -0.494 e. The van der Waals surface area contributed by atoms with Gasteiger partial charge in [-0.2, -0.15) is 5.10 Å². The van der Waals surface area contributed by atoms with Gasteiger partial charge in [0, 0.05) is 35.9 Å². The maximum Gasteiger partial charge on any atom is 0.271 e. The van der Waals surface area contributed by atoms with Gasteiger partial charge in [-0.05, 0) is 44.6 Å². The summed E-state index contributed by atoms with van der Waals surface area (Å²) in [4.78, 5) is 24.2. The molecule has 11 nitrogen and oxygen atoms in total. The quantitative estimate of drug-likeness (QED) is 0.424. The first-order valence-corrected chi connectivity index (χ1v) is 12.6. The van der Waals surface area contributed by atoms with Crippen LogP contribution in [-0.4, -0.2) is 51.1 Å². The van der Waals surface area contributed by atoms with E-state index in [0.29, 0.717) is 17.1 Å². The monoisotopic (exact) mass is 503 g/mol. The summed E-state index contributed by atoms with van der Waals surface area (Å²) in [6.45, 7) is 0.815. The Kier molecular flexibility index (Phi) is 5.79. The molecule has 3 aliphatic rings. The Labute approximate surface area is 213 Å². The zero-order chi connectivity index (χ0) is 25.6. The third-order valence-electron chi connectivity index (χ3n) is 7.53. The number of anilines is 3. The van der Waals surface area contributed by atoms with Gasteiger partial charge in [0.05, 0.1) is 36.3 Å². The van der Waals surface area contributed by atoms with Crippen LogP contribution in [-0.2, 0) is 9.53 Å². The molecule has 192 valence electrons. The number of para-hydroxylation sites is 1. The molecule has 1 aliphatic heterocycles. The van der Waals surface area contributed by atoms with E-state index in [2.05, 4.69) is 25.9 Å². The Morgan fingerprint density at radius 3 is 2.73 bits per heavy atom. The van der Waals surface area contributed by atoms with Crippen LogP contribution in [0.2, 0.25) is 0 Å². The largest absolute Gasteiger partial charge is 0.494 e. The lowest BCUT2D eigenvalue weighted by atomic mass is 9.73. The molecule has 3 fully saturated rings. The first-order chi connectivity index (χ1) is 18.0. The normalized spacial score (nSPS) is 22.5.